The molecule has 26 heavy (non-hydrogen) atoms. The Morgan fingerprint density at radius 3 is 2.27 bits per heavy atom. The molecule has 2 aromatic rings. The molecule has 2 N–H and O–H groups in total. The maximum absolute atomic E-state index is 12.5. The van der Waals surface area contributed by atoms with E-state index < -0.39 is 15.6 Å². The van der Waals surface area contributed by atoms with Gasteiger partial charge in [0.2, 0.25) is 10.0 Å². The Morgan fingerprint density at radius 2 is 1.77 bits per heavy atom. The van der Waals surface area contributed by atoms with Crippen molar-refractivity contribution in [2.75, 3.05) is 6.61 Å². The normalized spacial score (nSPS) is 13.4. The fraction of sp³-hybridized carbons (Fsp3) is 0.350. The molecule has 2 rings (SSSR count). The van der Waals surface area contributed by atoms with Crippen LogP contribution in [0.1, 0.15) is 45.2 Å². The number of pyridine rings is 1. The van der Waals surface area contributed by atoms with Crippen LogP contribution in [0.2, 0.25) is 0 Å². The largest absolute Gasteiger partial charge is 0.396 e. The number of hydrogen-bond donors (Lipinski definition) is 2. The first kappa shape index (κ1) is 20.3. The van der Waals surface area contributed by atoms with Gasteiger partial charge in [0.05, 0.1) is 4.90 Å². The van der Waals surface area contributed by atoms with Crippen LogP contribution in [0.25, 0.3) is 5.57 Å². The van der Waals surface area contributed by atoms with Gasteiger partial charge in [-0.15, -0.1) is 0 Å². The maximum atomic E-state index is 12.5. The number of nitrogens with zero attached hydrogens (tertiary/aromatic N) is 1. The predicted molar refractivity (Wildman–Crippen MR) is 104 cm³/mol. The van der Waals surface area contributed by atoms with Gasteiger partial charge in [0.1, 0.15) is 0 Å². The van der Waals surface area contributed by atoms with Crippen molar-refractivity contribution < 1.29 is 13.5 Å². The van der Waals surface area contributed by atoms with Crippen molar-refractivity contribution in [2.24, 2.45) is 0 Å². The summed E-state index contributed by atoms with van der Waals surface area (Å²) in [6.45, 7) is 7.43. The number of sulfonamides is 1. The molecule has 5 nitrogen and oxygen atoms in total. The summed E-state index contributed by atoms with van der Waals surface area (Å²) in [5.74, 6) is 0. The summed E-state index contributed by atoms with van der Waals surface area (Å²) < 4.78 is 27.6. The first-order valence-corrected chi connectivity index (χ1v) is 9.98. The molecule has 0 amide bonds. The molecule has 0 aliphatic carbocycles. The molecule has 0 bridgehead atoms. The first-order valence-electron chi connectivity index (χ1n) is 8.49. The zero-order valence-electron chi connectivity index (χ0n) is 15.7. The van der Waals surface area contributed by atoms with Gasteiger partial charge in [0.25, 0.3) is 0 Å². The van der Waals surface area contributed by atoms with E-state index in [2.05, 4.69) is 9.71 Å². The average Bonchev–Trinajstić information content (AvgIpc) is 2.55. The van der Waals surface area contributed by atoms with E-state index in [9.17, 15) is 13.5 Å². The second-order valence-electron chi connectivity index (χ2n) is 7.25. The summed E-state index contributed by atoms with van der Waals surface area (Å²) in [6.07, 6.45) is 4.01. The van der Waals surface area contributed by atoms with Crippen LogP contribution in [0.15, 0.2) is 59.3 Å². The maximum Gasteiger partial charge on any atom is 0.241 e. The zero-order valence-corrected chi connectivity index (χ0v) is 16.5. The Kier molecular flexibility index (Phi) is 6.34. The minimum Gasteiger partial charge on any atom is -0.396 e. The summed E-state index contributed by atoms with van der Waals surface area (Å²) in [7, 11) is -3.57. The lowest BCUT2D eigenvalue weighted by molar-refractivity contribution is 0.299. The minimum absolute atomic E-state index is 0.0531. The van der Waals surface area contributed by atoms with Crippen LogP contribution in [0, 0.1) is 0 Å². The zero-order chi connectivity index (χ0) is 19.4. The van der Waals surface area contributed by atoms with Crippen molar-refractivity contribution in [2.45, 2.75) is 44.6 Å². The molecule has 0 unspecified atom stereocenters. The van der Waals surface area contributed by atoms with Crippen molar-refractivity contribution in [1.29, 1.82) is 0 Å². The molecule has 1 aromatic carbocycles. The third-order valence-electron chi connectivity index (χ3n) is 3.76. The highest BCUT2D eigenvalue weighted by Gasteiger charge is 2.22. The second-order valence-corrected chi connectivity index (χ2v) is 8.93. The van der Waals surface area contributed by atoms with Crippen molar-refractivity contribution in [3.8, 4) is 0 Å². The highest BCUT2D eigenvalue weighted by Crippen LogP contribution is 2.28. The van der Waals surface area contributed by atoms with Gasteiger partial charge >= 0.3 is 0 Å². The molecule has 0 saturated carbocycles. The van der Waals surface area contributed by atoms with Gasteiger partial charge in [-0.2, -0.15) is 0 Å². The standard InChI is InChI=1S/C20H26N2O3S/c1-15(11-13-23)19(17-6-5-12-21-14-17)16-7-9-18(10-8-16)26(24,25)22-20(2,3)4/h5-10,12,14,22-23H,11,13H2,1-4H3. The molecule has 0 saturated heterocycles. The predicted octanol–water partition coefficient (Wildman–Crippen LogP) is 3.36. The van der Waals surface area contributed by atoms with E-state index in [1.54, 1.807) is 57.4 Å². The summed E-state index contributed by atoms with van der Waals surface area (Å²) >= 11 is 0. The molecule has 0 aliphatic rings. The molecule has 0 fully saturated rings. The van der Waals surface area contributed by atoms with E-state index >= 15 is 0 Å². The van der Waals surface area contributed by atoms with Gasteiger partial charge < -0.3 is 5.11 Å². The summed E-state index contributed by atoms with van der Waals surface area (Å²) in [4.78, 5) is 4.39. The molecule has 1 aromatic heterocycles. The van der Waals surface area contributed by atoms with Gasteiger partial charge in [0, 0.05) is 30.1 Å². The smallest absolute Gasteiger partial charge is 0.241 e. The molecule has 0 aliphatic heterocycles. The second kappa shape index (κ2) is 8.12. The van der Waals surface area contributed by atoms with Crippen LogP contribution in [0.5, 0.6) is 0 Å². The number of aromatic nitrogens is 1. The number of nitrogens with one attached hydrogen (secondary N) is 1. The van der Waals surface area contributed by atoms with E-state index in [-0.39, 0.29) is 11.5 Å². The van der Waals surface area contributed by atoms with Crippen LogP contribution in [-0.2, 0) is 10.0 Å². The number of hydrogen-bond acceptors (Lipinski definition) is 4. The Balaban J connectivity index is 2.45. The Bertz CT molecular complexity index is 866. The van der Waals surface area contributed by atoms with Crippen molar-refractivity contribution in [3.05, 3.63) is 65.5 Å². The first-order chi connectivity index (χ1) is 12.1. The summed E-state index contributed by atoms with van der Waals surface area (Å²) in [5, 5.41) is 9.30. The SMILES string of the molecule is CC(CCO)=C(c1ccc(S(=O)(=O)NC(C)(C)C)cc1)c1cccnc1. The van der Waals surface area contributed by atoms with Crippen molar-refractivity contribution in [3.63, 3.8) is 0 Å². The highest BCUT2D eigenvalue weighted by atomic mass is 32.2. The number of aliphatic hydroxyl groups excluding tert-OH is 1. The molecule has 0 atom stereocenters. The van der Waals surface area contributed by atoms with Crippen LogP contribution in [0.3, 0.4) is 0 Å². The molecule has 140 valence electrons. The summed E-state index contributed by atoms with van der Waals surface area (Å²) in [5.41, 5.74) is 3.25. The lowest BCUT2D eigenvalue weighted by Gasteiger charge is -2.20. The van der Waals surface area contributed by atoms with E-state index in [0.717, 1.165) is 22.3 Å². The van der Waals surface area contributed by atoms with Gasteiger partial charge in [-0.3, -0.25) is 4.98 Å². The number of aliphatic hydroxyl groups is 1. The topological polar surface area (TPSA) is 79.3 Å². The molecule has 1 heterocycles. The molecule has 0 spiro atoms. The third kappa shape index (κ3) is 5.24. The van der Waals surface area contributed by atoms with Crippen molar-refractivity contribution >= 4 is 15.6 Å². The lowest BCUT2D eigenvalue weighted by atomic mass is 9.93. The van der Waals surface area contributed by atoms with Gasteiger partial charge in [0.15, 0.2) is 0 Å². The van der Waals surface area contributed by atoms with E-state index in [1.165, 1.54) is 0 Å². The number of rotatable bonds is 6. The van der Waals surface area contributed by atoms with E-state index in [1.807, 2.05) is 19.1 Å². The van der Waals surface area contributed by atoms with Crippen molar-refractivity contribution in [1.82, 2.24) is 9.71 Å². The van der Waals surface area contributed by atoms with Crippen LogP contribution in [0.4, 0.5) is 0 Å². The van der Waals surface area contributed by atoms with Crippen LogP contribution >= 0.6 is 0 Å². The highest BCUT2D eigenvalue weighted by molar-refractivity contribution is 7.89. The minimum atomic E-state index is -3.57. The fourth-order valence-electron chi connectivity index (χ4n) is 2.73. The van der Waals surface area contributed by atoms with E-state index in [0.29, 0.717) is 6.42 Å². The molecular weight excluding hydrogens is 348 g/mol. The van der Waals surface area contributed by atoms with Crippen LogP contribution in [-0.4, -0.2) is 30.7 Å². The van der Waals surface area contributed by atoms with Gasteiger partial charge in [-0.05, 0) is 63.5 Å². The summed E-state index contributed by atoms with van der Waals surface area (Å²) in [6, 6.07) is 10.6. The lowest BCUT2D eigenvalue weighted by Crippen LogP contribution is -2.40. The Hall–Kier alpha value is -2.02. The Labute approximate surface area is 155 Å². The third-order valence-corrected chi connectivity index (χ3v) is 5.53. The fourth-order valence-corrected chi connectivity index (χ4v) is 4.14. The van der Waals surface area contributed by atoms with Crippen LogP contribution < -0.4 is 4.72 Å². The molecule has 6 heteroatoms. The number of benzene rings is 1. The quantitative estimate of drug-likeness (QED) is 0.812. The molecular formula is C20H26N2O3S. The van der Waals surface area contributed by atoms with E-state index in [4.69, 9.17) is 0 Å². The molecule has 0 radical (unpaired) electrons. The average molecular weight is 375 g/mol. The van der Waals surface area contributed by atoms with Gasteiger partial charge in [-0.1, -0.05) is 23.8 Å². The Morgan fingerprint density at radius 1 is 1.12 bits per heavy atom. The van der Waals surface area contributed by atoms with Gasteiger partial charge in [-0.25, -0.2) is 13.1 Å². The monoisotopic (exact) mass is 374 g/mol.